The van der Waals surface area contributed by atoms with Gasteiger partial charge >= 0.3 is 0 Å². The van der Waals surface area contributed by atoms with E-state index in [1.54, 1.807) is 0 Å². The van der Waals surface area contributed by atoms with Gasteiger partial charge in [-0.2, -0.15) is 0 Å². The number of para-hydroxylation sites is 1. The maximum Gasteiger partial charge on any atom is 0.0540 e. The Morgan fingerprint density at radius 1 is 0.431 bits per heavy atom. The number of benzene rings is 8. The lowest BCUT2D eigenvalue weighted by molar-refractivity contribution is 0.660. The van der Waals surface area contributed by atoms with Crippen LogP contribution in [0, 0.1) is 0 Å². The molecule has 242 valence electrons. The number of rotatable bonds is 5. The smallest absolute Gasteiger partial charge is 0.0540 e. The van der Waals surface area contributed by atoms with Crippen LogP contribution in [0.5, 0.6) is 0 Å². The van der Waals surface area contributed by atoms with Crippen molar-refractivity contribution in [3.05, 3.63) is 187 Å². The van der Waals surface area contributed by atoms with Gasteiger partial charge in [0.1, 0.15) is 0 Å². The highest BCUT2D eigenvalue weighted by Gasteiger charge is 2.35. The standard InChI is InChI=1S/C49H35NS/c1-49(2)43-21-8-5-16-37(43)38-30-27-34(31-44(38)49)32-25-28-35(29-26-32)50(45-23-11-14-33-13-3-4-15-36(33)45)46-22-9-6-17-39(46)41-19-12-20-42-40-18-7-10-24-47(40)51-48(41)42/h3-31H,1-2H3. The summed E-state index contributed by atoms with van der Waals surface area (Å²) in [5, 5.41) is 5.07. The molecule has 1 aromatic heterocycles. The summed E-state index contributed by atoms with van der Waals surface area (Å²) in [6.45, 7) is 4.70. The fraction of sp³-hybridized carbons (Fsp3) is 0.0612. The molecule has 0 aliphatic heterocycles. The van der Waals surface area contributed by atoms with E-state index in [9.17, 15) is 0 Å². The van der Waals surface area contributed by atoms with Crippen LogP contribution in [0.25, 0.3) is 64.3 Å². The van der Waals surface area contributed by atoms with Crippen LogP contribution >= 0.6 is 11.3 Å². The lowest BCUT2D eigenvalue weighted by Gasteiger charge is -2.29. The molecule has 0 saturated heterocycles. The molecule has 0 amide bonds. The van der Waals surface area contributed by atoms with Crippen LogP contribution in [0.4, 0.5) is 17.1 Å². The minimum Gasteiger partial charge on any atom is -0.309 e. The average Bonchev–Trinajstić information content (AvgIpc) is 3.68. The first-order chi connectivity index (χ1) is 25.1. The second-order valence-electron chi connectivity index (χ2n) is 14.1. The Morgan fingerprint density at radius 2 is 1.04 bits per heavy atom. The van der Waals surface area contributed by atoms with Crippen molar-refractivity contribution in [3.8, 4) is 33.4 Å². The summed E-state index contributed by atoms with van der Waals surface area (Å²) in [6.07, 6.45) is 0. The molecule has 10 rings (SSSR count). The zero-order valence-electron chi connectivity index (χ0n) is 28.6. The third-order valence-electron chi connectivity index (χ3n) is 10.9. The lowest BCUT2D eigenvalue weighted by Crippen LogP contribution is -2.14. The van der Waals surface area contributed by atoms with Gasteiger partial charge in [-0.25, -0.2) is 0 Å². The van der Waals surface area contributed by atoms with E-state index in [1.807, 2.05) is 11.3 Å². The molecule has 0 bridgehead atoms. The van der Waals surface area contributed by atoms with E-state index in [4.69, 9.17) is 0 Å². The SMILES string of the molecule is CC1(C)c2ccccc2-c2ccc(-c3ccc(N(c4ccccc4-c4cccc5c4sc4ccccc45)c4cccc5ccccc45)cc3)cc21. The Morgan fingerprint density at radius 3 is 1.92 bits per heavy atom. The number of anilines is 3. The van der Waals surface area contributed by atoms with Crippen LogP contribution in [0.3, 0.4) is 0 Å². The topological polar surface area (TPSA) is 3.24 Å². The maximum absolute atomic E-state index is 2.45. The van der Waals surface area contributed by atoms with Crippen molar-refractivity contribution in [3.63, 3.8) is 0 Å². The van der Waals surface area contributed by atoms with Gasteiger partial charge in [-0.1, -0.05) is 153 Å². The molecular weight excluding hydrogens is 635 g/mol. The highest BCUT2D eigenvalue weighted by molar-refractivity contribution is 7.26. The molecule has 0 N–H and O–H groups in total. The van der Waals surface area contributed by atoms with Gasteiger partial charge in [-0.3, -0.25) is 0 Å². The number of nitrogens with zero attached hydrogens (tertiary/aromatic N) is 1. The van der Waals surface area contributed by atoms with E-state index >= 15 is 0 Å². The predicted molar refractivity (Wildman–Crippen MR) is 220 cm³/mol. The highest BCUT2D eigenvalue weighted by atomic mass is 32.1. The van der Waals surface area contributed by atoms with Crippen LogP contribution in [0.15, 0.2) is 176 Å². The second-order valence-corrected chi connectivity index (χ2v) is 15.2. The molecule has 8 aromatic carbocycles. The number of hydrogen-bond acceptors (Lipinski definition) is 2. The Bertz CT molecular complexity index is 2780. The van der Waals surface area contributed by atoms with Gasteiger partial charge in [0.2, 0.25) is 0 Å². The molecule has 1 nitrogen and oxygen atoms in total. The first kappa shape index (κ1) is 29.9. The van der Waals surface area contributed by atoms with Gasteiger partial charge in [0.25, 0.3) is 0 Å². The predicted octanol–water partition coefficient (Wildman–Crippen LogP) is 14.3. The van der Waals surface area contributed by atoms with Gasteiger partial charge in [-0.05, 0) is 75.2 Å². The summed E-state index contributed by atoms with van der Waals surface area (Å²) in [5.41, 5.74) is 13.9. The first-order valence-corrected chi connectivity index (χ1v) is 18.5. The molecule has 2 heteroatoms. The summed E-state index contributed by atoms with van der Waals surface area (Å²) in [6, 6.07) is 64.8. The molecule has 0 radical (unpaired) electrons. The Kier molecular flexibility index (Phi) is 6.78. The summed E-state index contributed by atoms with van der Waals surface area (Å²) < 4.78 is 2.64. The quantitative estimate of drug-likeness (QED) is 0.176. The van der Waals surface area contributed by atoms with Crippen LogP contribution in [-0.2, 0) is 5.41 Å². The van der Waals surface area contributed by atoms with Gasteiger partial charge in [0.15, 0.2) is 0 Å². The largest absolute Gasteiger partial charge is 0.309 e. The van der Waals surface area contributed by atoms with Gasteiger partial charge in [-0.15, -0.1) is 11.3 Å². The summed E-state index contributed by atoms with van der Waals surface area (Å²) in [5.74, 6) is 0. The maximum atomic E-state index is 2.45. The Hall–Kier alpha value is -5.96. The van der Waals surface area contributed by atoms with Crippen LogP contribution in [0.2, 0.25) is 0 Å². The van der Waals surface area contributed by atoms with Gasteiger partial charge in [0, 0.05) is 47.8 Å². The highest BCUT2D eigenvalue weighted by Crippen LogP contribution is 2.50. The summed E-state index contributed by atoms with van der Waals surface area (Å²) >= 11 is 1.88. The van der Waals surface area contributed by atoms with Crippen LogP contribution in [-0.4, -0.2) is 0 Å². The van der Waals surface area contributed by atoms with Crippen LogP contribution < -0.4 is 4.90 Å². The minimum absolute atomic E-state index is 0.0337. The monoisotopic (exact) mass is 669 g/mol. The Labute approximate surface area is 302 Å². The van der Waals surface area contributed by atoms with E-state index in [-0.39, 0.29) is 5.41 Å². The van der Waals surface area contributed by atoms with Gasteiger partial charge < -0.3 is 4.90 Å². The van der Waals surface area contributed by atoms with Crippen molar-refractivity contribution in [2.75, 3.05) is 4.90 Å². The van der Waals surface area contributed by atoms with Crippen molar-refractivity contribution in [1.29, 1.82) is 0 Å². The average molecular weight is 670 g/mol. The molecule has 51 heavy (non-hydrogen) atoms. The van der Waals surface area contributed by atoms with Gasteiger partial charge in [0.05, 0.1) is 11.4 Å². The number of thiophene rings is 1. The molecule has 1 aliphatic carbocycles. The fourth-order valence-corrected chi connectivity index (χ4v) is 9.58. The van der Waals surface area contributed by atoms with Crippen molar-refractivity contribution < 1.29 is 0 Å². The van der Waals surface area contributed by atoms with Crippen molar-refractivity contribution in [2.45, 2.75) is 19.3 Å². The molecule has 0 unspecified atom stereocenters. The molecular formula is C49H35NS. The number of fused-ring (bicyclic) bond motifs is 7. The molecule has 0 saturated carbocycles. The zero-order valence-corrected chi connectivity index (χ0v) is 29.4. The van der Waals surface area contributed by atoms with E-state index in [0.717, 1.165) is 17.1 Å². The molecule has 1 heterocycles. The van der Waals surface area contributed by atoms with E-state index < -0.39 is 0 Å². The third-order valence-corrected chi connectivity index (χ3v) is 12.1. The van der Waals surface area contributed by atoms with Crippen molar-refractivity contribution in [2.24, 2.45) is 0 Å². The molecule has 1 aliphatic rings. The van der Waals surface area contributed by atoms with Crippen molar-refractivity contribution in [1.82, 2.24) is 0 Å². The van der Waals surface area contributed by atoms with Crippen LogP contribution in [0.1, 0.15) is 25.0 Å². The minimum atomic E-state index is -0.0337. The second kappa shape index (κ2) is 11.6. The van der Waals surface area contributed by atoms with E-state index in [0.29, 0.717) is 0 Å². The summed E-state index contributed by atoms with van der Waals surface area (Å²) in [4.78, 5) is 2.45. The van der Waals surface area contributed by atoms with E-state index in [2.05, 4.69) is 195 Å². The molecule has 0 spiro atoms. The normalized spacial score (nSPS) is 13.1. The third kappa shape index (κ3) is 4.67. The Balaban J connectivity index is 1.14. The van der Waals surface area contributed by atoms with Crippen molar-refractivity contribution >= 4 is 59.3 Å². The van der Waals surface area contributed by atoms with E-state index in [1.165, 1.54) is 75.5 Å². The summed E-state index contributed by atoms with van der Waals surface area (Å²) in [7, 11) is 0. The zero-order chi connectivity index (χ0) is 34.1. The first-order valence-electron chi connectivity index (χ1n) is 17.7. The number of hydrogen-bond donors (Lipinski definition) is 0. The molecule has 0 atom stereocenters. The fourth-order valence-electron chi connectivity index (χ4n) is 8.35. The molecule has 9 aromatic rings. The molecule has 0 fully saturated rings. The lowest BCUT2D eigenvalue weighted by atomic mass is 9.81.